The van der Waals surface area contributed by atoms with Crippen molar-refractivity contribution in [3.8, 4) is 17.0 Å². The van der Waals surface area contributed by atoms with E-state index in [0.717, 1.165) is 17.0 Å². The number of carbonyl (C=O) groups is 1. The van der Waals surface area contributed by atoms with Gasteiger partial charge in [0.15, 0.2) is 6.10 Å². The van der Waals surface area contributed by atoms with Crippen molar-refractivity contribution in [1.29, 1.82) is 0 Å². The van der Waals surface area contributed by atoms with Crippen LogP contribution in [0.25, 0.3) is 17.0 Å². The van der Waals surface area contributed by atoms with Gasteiger partial charge in [0.2, 0.25) is 5.78 Å². The number of rotatable bonds is 5. The summed E-state index contributed by atoms with van der Waals surface area (Å²) in [4.78, 5) is 21.4. The Balaban J connectivity index is 1.53. The molecular weight excluding hydrogens is 352 g/mol. The van der Waals surface area contributed by atoms with Crippen LogP contribution >= 0.6 is 0 Å². The highest BCUT2D eigenvalue weighted by Gasteiger charge is 2.16. The molecule has 0 saturated heterocycles. The third-order valence-corrected chi connectivity index (χ3v) is 4.47. The van der Waals surface area contributed by atoms with E-state index in [0.29, 0.717) is 17.2 Å². The maximum atomic E-state index is 12.5. The molecule has 0 bridgehead atoms. The van der Waals surface area contributed by atoms with Crippen molar-refractivity contribution in [2.45, 2.75) is 20.0 Å². The molecule has 1 atom stereocenters. The molecule has 0 radical (unpaired) electrons. The molecule has 1 unspecified atom stereocenters. The van der Waals surface area contributed by atoms with Gasteiger partial charge in [-0.15, -0.1) is 0 Å². The van der Waals surface area contributed by atoms with E-state index in [1.807, 2.05) is 78.2 Å². The van der Waals surface area contributed by atoms with Crippen molar-refractivity contribution in [2.75, 3.05) is 5.32 Å². The third-order valence-electron chi connectivity index (χ3n) is 4.47. The number of nitrogens with one attached hydrogen (secondary N) is 1. The number of nitrogens with zero attached hydrogens (tertiary/aromatic N) is 3. The molecule has 140 valence electrons. The molecule has 0 spiro atoms. The molecule has 28 heavy (non-hydrogen) atoms. The molecule has 0 fully saturated rings. The number of amides is 1. The fourth-order valence-electron chi connectivity index (χ4n) is 3.02. The van der Waals surface area contributed by atoms with Gasteiger partial charge < -0.3 is 10.1 Å². The van der Waals surface area contributed by atoms with Gasteiger partial charge in [0.1, 0.15) is 5.75 Å². The number of aryl methyl sites for hydroxylation is 1. The molecule has 0 aliphatic rings. The zero-order valence-corrected chi connectivity index (χ0v) is 15.7. The molecule has 0 aliphatic carbocycles. The zero-order chi connectivity index (χ0) is 19.5. The SMILES string of the molecule is Cc1c(-c2cccc(NC(=O)C(C)Oc3ccccc3)c2)nc2ncccn12. The number of benzene rings is 2. The van der Waals surface area contributed by atoms with Crippen LogP contribution in [0.3, 0.4) is 0 Å². The smallest absolute Gasteiger partial charge is 0.265 e. The van der Waals surface area contributed by atoms with Crippen molar-refractivity contribution in [3.05, 3.63) is 78.8 Å². The summed E-state index contributed by atoms with van der Waals surface area (Å²) < 4.78 is 7.63. The molecule has 1 N–H and O–H groups in total. The van der Waals surface area contributed by atoms with Gasteiger partial charge in [0.25, 0.3) is 5.91 Å². The van der Waals surface area contributed by atoms with Gasteiger partial charge in [-0.2, -0.15) is 0 Å². The predicted octanol–water partition coefficient (Wildman–Crippen LogP) is 4.11. The number of imidazole rings is 1. The first-order valence-electron chi connectivity index (χ1n) is 9.04. The Morgan fingerprint density at radius 2 is 1.93 bits per heavy atom. The molecule has 6 heteroatoms. The van der Waals surface area contributed by atoms with Crippen LogP contribution in [0.15, 0.2) is 73.1 Å². The van der Waals surface area contributed by atoms with Crippen molar-refractivity contribution in [1.82, 2.24) is 14.4 Å². The number of fused-ring (bicyclic) bond motifs is 1. The van der Waals surface area contributed by atoms with Gasteiger partial charge in [-0.3, -0.25) is 9.20 Å². The summed E-state index contributed by atoms with van der Waals surface area (Å²) in [5.41, 5.74) is 3.43. The van der Waals surface area contributed by atoms with Gasteiger partial charge in [-0.05, 0) is 44.2 Å². The van der Waals surface area contributed by atoms with Crippen LogP contribution in [0.1, 0.15) is 12.6 Å². The Morgan fingerprint density at radius 3 is 2.71 bits per heavy atom. The molecule has 0 aliphatic heterocycles. The second kappa shape index (κ2) is 7.52. The normalized spacial score (nSPS) is 11.9. The maximum Gasteiger partial charge on any atom is 0.265 e. The van der Waals surface area contributed by atoms with Crippen LogP contribution in [0.4, 0.5) is 5.69 Å². The lowest BCUT2D eigenvalue weighted by Crippen LogP contribution is -2.30. The van der Waals surface area contributed by atoms with E-state index in [1.165, 1.54) is 0 Å². The van der Waals surface area contributed by atoms with Crippen LogP contribution in [-0.4, -0.2) is 26.4 Å². The number of anilines is 1. The number of aromatic nitrogens is 3. The third kappa shape index (κ3) is 3.57. The number of para-hydroxylation sites is 1. The minimum atomic E-state index is -0.618. The zero-order valence-electron chi connectivity index (χ0n) is 15.7. The summed E-state index contributed by atoms with van der Waals surface area (Å²) in [5.74, 6) is 1.09. The summed E-state index contributed by atoms with van der Waals surface area (Å²) in [6.07, 6.45) is 3.03. The number of ether oxygens (including phenoxy) is 1. The first kappa shape index (κ1) is 17.7. The van der Waals surface area contributed by atoms with E-state index < -0.39 is 6.10 Å². The Labute approximate surface area is 162 Å². The maximum absolute atomic E-state index is 12.5. The Bertz CT molecular complexity index is 1120. The summed E-state index contributed by atoms with van der Waals surface area (Å²) >= 11 is 0. The molecule has 2 aromatic carbocycles. The Kier molecular flexibility index (Phi) is 4.76. The van der Waals surface area contributed by atoms with E-state index in [-0.39, 0.29) is 5.91 Å². The summed E-state index contributed by atoms with van der Waals surface area (Å²) in [6.45, 7) is 3.72. The fourth-order valence-corrected chi connectivity index (χ4v) is 3.02. The van der Waals surface area contributed by atoms with Gasteiger partial charge in [0, 0.05) is 29.3 Å². The number of hydrogen-bond donors (Lipinski definition) is 1. The highest BCUT2D eigenvalue weighted by atomic mass is 16.5. The minimum Gasteiger partial charge on any atom is -0.481 e. The molecular formula is C22H20N4O2. The van der Waals surface area contributed by atoms with Gasteiger partial charge in [-0.25, -0.2) is 9.97 Å². The van der Waals surface area contributed by atoms with Crippen LogP contribution in [0.5, 0.6) is 5.75 Å². The quantitative estimate of drug-likeness (QED) is 0.572. The van der Waals surface area contributed by atoms with Gasteiger partial charge in [-0.1, -0.05) is 30.3 Å². The molecule has 4 rings (SSSR count). The average molecular weight is 372 g/mol. The van der Waals surface area contributed by atoms with Crippen molar-refractivity contribution in [2.24, 2.45) is 0 Å². The minimum absolute atomic E-state index is 0.214. The molecule has 2 aromatic heterocycles. The second-order valence-corrected chi connectivity index (χ2v) is 6.48. The first-order chi connectivity index (χ1) is 13.6. The number of carbonyl (C=O) groups excluding carboxylic acids is 1. The Morgan fingerprint density at radius 1 is 1.11 bits per heavy atom. The standard InChI is InChI=1S/C22H20N4O2/c1-15-20(25-22-23-12-7-13-26(15)22)17-8-6-9-18(14-17)24-21(27)16(2)28-19-10-4-3-5-11-19/h3-14,16H,1-2H3,(H,24,27). The van der Waals surface area contributed by atoms with Crippen LogP contribution in [0, 0.1) is 6.92 Å². The van der Waals surface area contributed by atoms with Gasteiger partial charge >= 0.3 is 0 Å². The topological polar surface area (TPSA) is 68.5 Å². The second-order valence-electron chi connectivity index (χ2n) is 6.48. The first-order valence-corrected chi connectivity index (χ1v) is 9.04. The summed E-state index contributed by atoms with van der Waals surface area (Å²) in [5, 5.41) is 2.91. The number of hydrogen-bond acceptors (Lipinski definition) is 4. The Hall–Kier alpha value is -3.67. The lowest BCUT2D eigenvalue weighted by Gasteiger charge is -2.15. The largest absolute Gasteiger partial charge is 0.481 e. The van der Waals surface area contributed by atoms with Crippen LogP contribution in [-0.2, 0) is 4.79 Å². The molecule has 1 amide bonds. The molecule has 0 saturated carbocycles. The van der Waals surface area contributed by atoms with Crippen LogP contribution < -0.4 is 10.1 Å². The van der Waals surface area contributed by atoms with E-state index in [2.05, 4.69) is 15.3 Å². The van der Waals surface area contributed by atoms with E-state index in [4.69, 9.17) is 4.74 Å². The average Bonchev–Trinajstić information content (AvgIpc) is 3.06. The molecule has 6 nitrogen and oxygen atoms in total. The van der Waals surface area contributed by atoms with E-state index >= 15 is 0 Å². The predicted molar refractivity (Wildman–Crippen MR) is 108 cm³/mol. The lowest BCUT2D eigenvalue weighted by molar-refractivity contribution is -0.122. The summed E-state index contributed by atoms with van der Waals surface area (Å²) in [6, 6.07) is 18.8. The summed E-state index contributed by atoms with van der Waals surface area (Å²) in [7, 11) is 0. The highest BCUT2D eigenvalue weighted by molar-refractivity contribution is 5.94. The van der Waals surface area contributed by atoms with E-state index in [9.17, 15) is 4.79 Å². The fraction of sp³-hybridized carbons (Fsp3) is 0.136. The molecule has 4 aromatic rings. The van der Waals surface area contributed by atoms with Crippen molar-refractivity contribution >= 4 is 17.4 Å². The van der Waals surface area contributed by atoms with Gasteiger partial charge in [0.05, 0.1) is 5.69 Å². The molecule has 2 heterocycles. The lowest BCUT2D eigenvalue weighted by atomic mass is 10.1. The van der Waals surface area contributed by atoms with Crippen molar-refractivity contribution in [3.63, 3.8) is 0 Å². The van der Waals surface area contributed by atoms with Crippen LogP contribution in [0.2, 0.25) is 0 Å². The monoisotopic (exact) mass is 372 g/mol. The van der Waals surface area contributed by atoms with E-state index in [1.54, 1.807) is 13.1 Å². The highest BCUT2D eigenvalue weighted by Crippen LogP contribution is 2.25. The van der Waals surface area contributed by atoms with Crippen molar-refractivity contribution < 1.29 is 9.53 Å².